The van der Waals surface area contributed by atoms with E-state index in [2.05, 4.69) is 13.0 Å². The van der Waals surface area contributed by atoms with Crippen LogP contribution in [0.5, 0.6) is 0 Å². The Bertz CT molecular complexity index is 596. The number of nitrogens with zero attached hydrogens (tertiary/aromatic N) is 1. The van der Waals surface area contributed by atoms with Gasteiger partial charge in [-0.2, -0.15) is 0 Å². The number of hydrogen-bond acceptors (Lipinski definition) is 1. The van der Waals surface area contributed by atoms with Gasteiger partial charge in [0, 0.05) is 17.5 Å². The average molecular weight is 277 g/mol. The maximum Gasteiger partial charge on any atom is 0.227 e. The standard InChI is InChI=1S/C16H17F2NO/c1-16-7-3-2-4-14(16)19(15(20)9-16)10-11-5-6-12(17)13(18)8-11/h4-6,8H,2-3,7,9-10H2,1H3. The Kier molecular flexibility index (Phi) is 3.11. The number of rotatable bonds is 2. The van der Waals surface area contributed by atoms with E-state index >= 15 is 0 Å². The predicted molar refractivity (Wildman–Crippen MR) is 71.6 cm³/mol. The van der Waals surface area contributed by atoms with Crippen molar-refractivity contribution in [2.45, 2.75) is 39.2 Å². The molecule has 1 unspecified atom stereocenters. The first-order chi connectivity index (χ1) is 9.49. The molecule has 106 valence electrons. The number of likely N-dealkylation sites (tertiary alicyclic amines) is 1. The van der Waals surface area contributed by atoms with Crippen LogP contribution in [-0.2, 0) is 11.3 Å². The molecule has 1 aromatic rings. The van der Waals surface area contributed by atoms with Crippen LogP contribution in [0.3, 0.4) is 0 Å². The lowest BCUT2D eigenvalue weighted by molar-refractivity contribution is -0.127. The van der Waals surface area contributed by atoms with Crippen molar-refractivity contribution in [3.05, 3.63) is 47.2 Å². The first-order valence-electron chi connectivity index (χ1n) is 6.94. The van der Waals surface area contributed by atoms with Crippen LogP contribution in [0, 0.1) is 17.0 Å². The lowest BCUT2D eigenvalue weighted by atomic mass is 9.77. The highest BCUT2D eigenvalue weighted by Crippen LogP contribution is 2.47. The monoisotopic (exact) mass is 277 g/mol. The highest BCUT2D eigenvalue weighted by atomic mass is 19.2. The van der Waals surface area contributed by atoms with Crippen LogP contribution in [0.1, 0.15) is 38.2 Å². The van der Waals surface area contributed by atoms with Gasteiger partial charge < -0.3 is 4.90 Å². The van der Waals surface area contributed by atoms with Gasteiger partial charge in [0.05, 0.1) is 6.54 Å². The van der Waals surface area contributed by atoms with Crippen molar-refractivity contribution in [3.63, 3.8) is 0 Å². The molecule has 0 aromatic heterocycles. The molecule has 0 saturated carbocycles. The van der Waals surface area contributed by atoms with Gasteiger partial charge in [-0.3, -0.25) is 4.79 Å². The van der Waals surface area contributed by atoms with Crippen molar-refractivity contribution in [3.8, 4) is 0 Å². The van der Waals surface area contributed by atoms with Crippen molar-refractivity contribution in [2.24, 2.45) is 5.41 Å². The number of allylic oxidation sites excluding steroid dienone is 2. The molecule has 2 nitrogen and oxygen atoms in total. The van der Waals surface area contributed by atoms with Crippen molar-refractivity contribution in [2.75, 3.05) is 0 Å². The van der Waals surface area contributed by atoms with Crippen LogP contribution in [0.15, 0.2) is 30.0 Å². The van der Waals surface area contributed by atoms with Crippen LogP contribution in [0.25, 0.3) is 0 Å². The third-order valence-electron chi connectivity index (χ3n) is 4.35. The second kappa shape index (κ2) is 4.69. The van der Waals surface area contributed by atoms with Crippen LogP contribution >= 0.6 is 0 Å². The predicted octanol–water partition coefficient (Wildman–Crippen LogP) is 3.77. The number of carbonyl (C=O) groups is 1. The van der Waals surface area contributed by atoms with Gasteiger partial charge >= 0.3 is 0 Å². The molecule has 1 amide bonds. The number of halogens is 2. The average Bonchev–Trinajstić information content (AvgIpc) is 2.65. The number of hydrogen-bond donors (Lipinski definition) is 0. The van der Waals surface area contributed by atoms with E-state index in [4.69, 9.17) is 0 Å². The summed E-state index contributed by atoms with van der Waals surface area (Å²) in [5, 5.41) is 0. The maximum absolute atomic E-state index is 13.3. The van der Waals surface area contributed by atoms with Crippen LogP contribution in [-0.4, -0.2) is 10.8 Å². The number of amides is 1. The van der Waals surface area contributed by atoms with E-state index in [1.165, 1.54) is 12.1 Å². The molecule has 0 spiro atoms. The van der Waals surface area contributed by atoms with Crippen molar-refractivity contribution in [1.82, 2.24) is 4.90 Å². The van der Waals surface area contributed by atoms with Gasteiger partial charge in [-0.25, -0.2) is 8.78 Å². The lowest BCUT2D eigenvalue weighted by Crippen LogP contribution is -2.26. The van der Waals surface area contributed by atoms with Crippen LogP contribution in [0.2, 0.25) is 0 Å². The Balaban J connectivity index is 1.88. The third kappa shape index (κ3) is 2.13. The lowest BCUT2D eigenvalue weighted by Gasteiger charge is -2.31. The summed E-state index contributed by atoms with van der Waals surface area (Å²) in [7, 11) is 0. The molecule has 0 radical (unpaired) electrons. The normalized spacial score (nSPS) is 25.6. The first-order valence-corrected chi connectivity index (χ1v) is 6.94. The Labute approximate surface area is 117 Å². The second-order valence-corrected chi connectivity index (χ2v) is 5.95. The van der Waals surface area contributed by atoms with Gasteiger partial charge in [-0.1, -0.05) is 19.1 Å². The minimum atomic E-state index is -0.866. The molecular weight excluding hydrogens is 260 g/mol. The molecular formula is C16H17F2NO. The molecule has 1 fully saturated rings. The summed E-state index contributed by atoms with van der Waals surface area (Å²) >= 11 is 0. The van der Waals surface area contributed by atoms with E-state index in [1.54, 1.807) is 4.90 Å². The van der Waals surface area contributed by atoms with E-state index < -0.39 is 11.6 Å². The molecule has 0 bridgehead atoms. The molecule has 1 aliphatic heterocycles. The fourth-order valence-electron chi connectivity index (χ4n) is 3.28. The fourth-order valence-corrected chi connectivity index (χ4v) is 3.28. The maximum atomic E-state index is 13.3. The molecule has 0 N–H and O–H groups in total. The fraction of sp³-hybridized carbons (Fsp3) is 0.438. The summed E-state index contributed by atoms with van der Waals surface area (Å²) in [6, 6.07) is 3.81. The van der Waals surface area contributed by atoms with Gasteiger partial charge in [-0.05, 0) is 37.0 Å². The molecule has 3 rings (SSSR count). The summed E-state index contributed by atoms with van der Waals surface area (Å²) in [4.78, 5) is 13.9. The quantitative estimate of drug-likeness (QED) is 0.805. The molecule has 1 aromatic carbocycles. The molecule has 4 heteroatoms. The number of fused-ring (bicyclic) bond motifs is 1. The van der Waals surface area contributed by atoms with Crippen molar-refractivity contribution in [1.29, 1.82) is 0 Å². The van der Waals surface area contributed by atoms with E-state index in [1.807, 2.05) is 0 Å². The first kappa shape index (κ1) is 13.3. The zero-order chi connectivity index (χ0) is 14.3. The molecule has 1 heterocycles. The van der Waals surface area contributed by atoms with Crippen molar-refractivity contribution >= 4 is 5.91 Å². The molecule has 1 aliphatic carbocycles. The van der Waals surface area contributed by atoms with Gasteiger partial charge in [-0.15, -0.1) is 0 Å². The Morgan fingerprint density at radius 2 is 2.10 bits per heavy atom. The molecule has 2 aliphatic rings. The third-order valence-corrected chi connectivity index (χ3v) is 4.35. The number of carbonyl (C=O) groups excluding carboxylic acids is 1. The second-order valence-electron chi connectivity index (χ2n) is 5.95. The summed E-state index contributed by atoms with van der Waals surface area (Å²) in [6.07, 6.45) is 5.73. The molecule has 20 heavy (non-hydrogen) atoms. The van der Waals surface area contributed by atoms with E-state index in [0.717, 1.165) is 31.0 Å². The van der Waals surface area contributed by atoms with Gasteiger partial charge in [0.25, 0.3) is 0 Å². The van der Waals surface area contributed by atoms with Gasteiger partial charge in [0.2, 0.25) is 5.91 Å². The molecule has 1 atom stereocenters. The smallest absolute Gasteiger partial charge is 0.227 e. The SMILES string of the molecule is CC12CCCC=C1N(Cc1ccc(F)c(F)c1)C(=O)C2. The highest BCUT2D eigenvalue weighted by Gasteiger charge is 2.44. The zero-order valence-corrected chi connectivity index (χ0v) is 11.5. The van der Waals surface area contributed by atoms with Crippen LogP contribution < -0.4 is 0 Å². The minimum Gasteiger partial charge on any atom is -0.312 e. The Hall–Kier alpha value is -1.71. The van der Waals surface area contributed by atoms with Gasteiger partial charge in [0.1, 0.15) is 0 Å². The van der Waals surface area contributed by atoms with E-state index in [-0.39, 0.29) is 11.3 Å². The summed E-state index contributed by atoms with van der Waals surface area (Å²) in [5.74, 6) is -1.65. The topological polar surface area (TPSA) is 20.3 Å². The summed E-state index contributed by atoms with van der Waals surface area (Å²) in [6.45, 7) is 2.43. The van der Waals surface area contributed by atoms with E-state index in [0.29, 0.717) is 18.5 Å². The minimum absolute atomic E-state index is 0.0744. The van der Waals surface area contributed by atoms with Gasteiger partial charge in [0.15, 0.2) is 11.6 Å². The summed E-state index contributed by atoms with van der Waals surface area (Å²) < 4.78 is 26.2. The van der Waals surface area contributed by atoms with E-state index in [9.17, 15) is 13.6 Å². The molecule has 1 saturated heterocycles. The number of benzene rings is 1. The largest absolute Gasteiger partial charge is 0.312 e. The Morgan fingerprint density at radius 3 is 2.85 bits per heavy atom. The van der Waals surface area contributed by atoms with Crippen molar-refractivity contribution < 1.29 is 13.6 Å². The zero-order valence-electron chi connectivity index (χ0n) is 11.5. The highest BCUT2D eigenvalue weighted by molar-refractivity contribution is 5.83. The summed E-state index contributed by atoms with van der Waals surface area (Å²) in [5.41, 5.74) is 1.60. The Morgan fingerprint density at radius 1 is 1.30 bits per heavy atom. The van der Waals surface area contributed by atoms with Crippen LogP contribution in [0.4, 0.5) is 8.78 Å².